The smallest absolute Gasteiger partial charge is 0.120 e. The summed E-state index contributed by atoms with van der Waals surface area (Å²) in [7, 11) is 0. The Balaban J connectivity index is 1.93. The molecule has 1 heteroatoms. The van der Waals surface area contributed by atoms with E-state index in [1.54, 1.807) is 0 Å². The molecule has 1 aliphatic carbocycles. The molecule has 0 N–H and O–H groups in total. The summed E-state index contributed by atoms with van der Waals surface area (Å²) >= 11 is 0. The average Bonchev–Trinajstić information content (AvgIpc) is 3.08. The Morgan fingerprint density at radius 3 is 2.59 bits per heavy atom. The summed E-state index contributed by atoms with van der Waals surface area (Å²) in [6, 6.07) is 22.0. The molecule has 1 heterocycles. The SMILES string of the molecule is CC1CC[C@@]2(O1)c1ccccc1-c1ccc3ccccc3c12. The van der Waals surface area contributed by atoms with Gasteiger partial charge in [-0.05, 0) is 47.2 Å². The largest absolute Gasteiger partial charge is 0.363 e. The molecule has 1 saturated heterocycles. The van der Waals surface area contributed by atoms with E-state index < -0.39 is 0 Å². The molecule has 3 aromatic carbocycles. The standard InChI is InChI=1S/C21H18O/c1-14-12-13-21(22-14)19-9-5-4-8-17(19)18-11-10-15-6-2-3-7-16(15)20(18)21/h2-11,14H,12-13H2,1H3/t14?,21-/m1/s1. The first kappa shape index (κ1) is 12.4. The summed E-state index contributed by atoms with van der Waals surface area (Å²) in [5.41, 5.74) is 5.19. The van der Waals surface area contributed by atoms with E-state index in [1.165, 1.54) is 33.0 Å². The van der Waals surface area contributed by atoms with E-state index in [4.69, 9.17) is 4.74 Å². The van der Waals surface area contributed by atoms with Crippen molar-refractivity contribution in [3.8, 4) is 11.1 Å². The molecule has 5 rings (SSSR count). The van der Waals surface area contributed by atoms with Crippen LogP contribution in [0.2, 0.25) is 0 Å². The molecule has 0 bridgehead atoms. The first-order valence-corrected chi connectivity index (χ1v) is 8.09. The summed E-state index contributed by atoms with van der Waals surface area (Å²) in [4.78, 5) is 0. The van der Waals surface area contributed by atoms with Gasteiger partial charge in [-0.25, -0.2) is 0 Å². The Morgan fingerprint density at radius 2 is 1.73 bits per heavy atom. The van der Waals surface area contributed by atoms with Crippen LogP contribution in [-0.2, 0) is 10.3 Å². The molecule has 1 nitrogen and oxygen atoms in total. The first-order chi connectivity index (χ1) is 10.8. The molecule has 1 aliphatic heterocycles. The molecule has 22 heavy (non-hydrogen) atoms. The molecule has 3 aromatic rings. The van der Waals surface area contributed by atoms with Gasteiger partial charge in [0, 0.05) is 5.56 Å². The van der Waals surface area contributed by atoms with Gasteiger partial charge >= 0.3 is 0 Å². The van der Waals surface area contributed by atoms with Crippen LogP contribution in [-0.4, -0.2) is 6.10 Å². The molecule has 1 fully saturated rings. The molecule has 0 aromatic heterocycles. The Labute approximate surface area is 130 Å². The van der Waals surface area contributed by atoms with E-state index in [1.807, 2.05) is 0 Å². The maximum atomic E-state index is 6.57. The molecule has 0 radical (unpaired) electrons. The molecule has 2 aliphatic rings. The topological polar surface area (TPSA) is 9.23 Å². The van der Waals surface area contributed by atoms with Crippen LogP contribution in [0.15, 0.2) is 60.7 Å². The maximum Gasteiger partial charge on any atom is 0.120 e. The molecule has 108 valence electrons. The average molecular weight is 286 g/mol. The van der Waals surface area contributed by atoms with Crippen LogP contribution < -0.4 is 0 Å². The summed E-state index contributed by atoms with van der Waals surface area (Å²) < 4.78 is 6.57. The van der Waals surface area contributed by atoms with Crippen molar-refractivity contribution in [1.29, 1.82) is 0 Å². The van der Waals surface area contributed by atoms with Gasteiger partial charge in [-0.2, -0.15) is 0 Å². The highest BCUT2D eigenvalue weighted by Crippen LogP contribution is 2.57. The van der Waals surface area contributed by atoms with Crippen molar-refractivity contribution < 1.29 is 4.74 Å². The molecule has 1 spiro atoms. The van der Waals surface area contributed by atoms with Crippen molar-refractivity contribution in [3.63, 3.8) is 0 Å². The lowest BCUT2D eigenvalue weighted by atomic mass is 9.85. The van der Waals surface area contributed by atoms with E-state index in [2.05, 4.69) is 67.6 Å². The molecular weight excluding hydrogens is 268 g/mol. The summed E-state index contributed by atoms with van der Waals surface area (Å²) in [5.74, 6) is 0. The third kappa shape index (κ3) is 1.42. The van der Waals surface area contributed by atoms with Gasteiger partial charge in [0.15, 0.2) is 0 Å². The monoisotopic (exact) mass is 286 g/mol. The minimum absolute atomic E-state index is 0.244. The van der Waals surface area contributed by atoms with E-state index in [9.17, 15) is 0 Å². The van der Waals surface area contributed by atoms with Crippen molar-refractivity contribution in [3.05, 3.63) is 71.8 Å². The fourth-order valence-electron chi connectivity index (χ4n) is 4.39. The Hall–Kier alpha value is -2.12. The lowest BCUT2D eigenvalue weighted by molar-refractivity contribution is -0.00400. The Bertz CT molecular complexity index is 895. The first-order valence-electron chi connectivity index (χ1n) is 8.09. The predicted molar refractivity (Wildman–Crippen MR) is 89.9 cm³/mol. The quantitative estimate of drug-likeness (QED) is 0.547. The Kier molecular flexibility index (Phi) is 2.38. The van der Waals surface area contributed by atoms with Crippen molar-refractivity contribution in [2.45, 2.75) is 31.5 Å². The van der Waals surface area contributed by atoms with Crippen LogP contribution >= 0.6 is 0 Å². The highest BCUT2D eigenvalue weighted by molar-refractivity contribution is 5.97. The van der Waals surface area contributed by atoms with Crippen molar-refractivity contribution in [2.24, 2.45) is 0 Å². The fourth-order valence-corrected chi connectivity index (χ4v) is 4.39. The van der Waals surface area contributed by atoms with Gasteiger partial charge in [0.2, 0.25) is 0 Å². The van der Waals surface area contributed by atoms with Gasteiger partial charge in [0.25, 0.3) is 0 Å². The zero-order chi connectivity index (χ0) is 14.7. The van der Waals surface area contributed by atoms with Crippen LogP contribution in [0.4, 0.5) is 0 Å². The number of ether oxygens (including phenoxy) is 1. The minimum atomic E-state index is -0.244. The third-order valence-electron chi connectivity index (χ3n) is 5.29. The zero-order valence-electron chi connectivity index (χ0n) is 12.7. The lowest BCUT2D eigenvalue weighted by Crippen LogP contribution is -2.25. The third-order valence-corrected chi connectivity index (χ3v) is 5.29. The number of rotatable bonds is 0. The molecule has 0 saturated carbocycles. The van der Waals surface area contributed by atoms with Crippen LogP contribution in [0.25, 0.3) is 21.9 Å². The molecule has 2 atom stereocenters. The number of fused-ring (bicyclic) bond motifs is 7. The molecule has 0 amide bonds. The maximum absolute atomic E-state index is 6.57. The number of hydrogen-bond acceptors (Lipinski definition) is 1. The lowest BCUT2D eigenvalue weighted by Gasteiger charge is -2.28. The van der Waals surface area contributed by atoms with Gasteiger partial charge in [0.1, 0.15) is 5.60 Å². The van der Waals surface area contributed by atoms with Crippen molar-refractivity contribution >= 4 is 10.8 Å². The molecular formula is C21H18O. The van der Waals surface area contributed by atoms with Crippen LogP contribution in [0.1, 0.15) is 30.9 Å². The zero-order valence-corrected chi connectivity index (χ0v) is 12.7. The summed E-state index contributed by atoms with van der Waals surface area (Å²) in [5, 5.41) is 2.64. The fraction of sp³-hybridized carbons (Fsp3) is 0.238. The van der Waals surface area contributed by atoms with E-state index in [0.29, 0.717) is 6.10 Å². The number of hydrogen-bond donors (Lipinski definition) is 0. The van der Waals surface area contributed by atoms with Crippen LogP contribution in [0.3, 0.4) is 0 Å². The van der Waals surface area contributed by atoms with Crippen LogP contribution in [0.5, 0.6) is 0 Å². The second kappa shape index (κ2) is 4.21. The highest BCUT2D eigenvalue weighted by atomic mass is 16.5. The minimum Gasteiger partial charge on any atom is -0.363 e. The normalized spacial score (nSPS) is 25.6. The van der Waals surface area contributed by atoms with E-state index in [-0.39, 0.29) is 5.60 Å². The second-order valence-electron chi connectivity index (χ2n) is 6.55. The predicted octanol–water partition coefficient (Wildman–Crippen LogP) is 5.26. The van der Waals surface area contributed by atoms with Gasteiger partial charge in [-0.1, -0.05) is 60.7 Å². The highest BCUT2D eigenvalue weighted by Gasteiger charge is 2.49. The second-order valence-corrected chi connectivity index (χ2v) is 6.55. The Morgan fingerprint density at radius 1 is 0.909 bits per heavy atom. The van der Waals surface area contributed by atoms with Gasteiger partial charge in [-0.3, -0.25) is 0 Å². The number of benzene rings is 3. The van der Waals surface area contributed by atoms with Crippen molar-refractivity contribution in [1.82, 2.24) is 0 Å². The van der Waals surface area contributed by atoms with Gasteiger partial charge in [-0.15, -0.1) is 0 Å². The van der Waals surface area contributed by atoms with Gasteiger partial charge in [0.05, 0.1) is 6.10 Å². The van der Waals surface area contributed by atoms with E-state index >= 15 is 0 Å². The van der Waals surface area contributed by atoms with Crippen LogP contribution in [0, 0.1) is 0 Å². The van der Waals surface area contributed by atoms with E-state index in [0.717, 1.165) is 12.8 Å². The summed E-state index contributed by atoms with van der Waals surface area (Å²) in [6.07, 6.45) is 2.52. The molecule has 1 unspecified atom stereocenters. The summed E-state index contributed by atoms with van der Waals surface area (Å²) in [6.45, 7) is 2.19. The van der Waals surface area contributed by atoms with Gasteiger partial charge < -0.3 is 4.74 Å². The van der Waals surface area contributed by atoms with Crippen molar-refractivity contribution in [2.75, 3.05) is 0 Å².